The Morgan fingerprint density at radius 1 is 1.18 bits per heavy atom. The minimum absolute atomic E-state index is 0.107. The zero-order valence-electron chi connectivity index (χ0n) is 12.6. The van der Waals surface area contributed by atoms with Gasteiger partial charge in [-0.2, -0.15) is 0 Å². The molecule has 0 saturated carbocycles. The third-order valence-corrected chi connectivity index (χ3v) is 5.75. The van der Waals surface area contributed by atoms with Crippen molar-refractivity contribution < 1.29 is 13.6 Å². The molecule has 7 heteroatoms. The molecule has 0 aliphatic carbocycles. The largest absolute Gasteiger partial charge is 0.332 e. The highest BCUT2D eigenvalue weighted by Crippen LogP contribution is 2.47. The summed E-state index contributed by atoms with van der Waals surface area (Å²) in [5, 5.41) is 1.50. The van der Waals surface area contributed by atoms with Crippen molar-refractivity contribution >= 4 is 34.3 Å². The van der Waals surface area contributed by atoms with Gasteiger partial charge in [-0.15, -0.1) is 0 Å². The molecule has 0 N–H and O–H groups in total. The smallest absolute Gasteiger partial charge is 0.314 e. The average Bonchev–Trinajstić information content (AvgIpc) is 2.47. The fourth-order valence-electron chi connectivity index (χ4n) is 2.22. The van der Waals surface area contributed by atoms with Crippen LogP contribution in [0.4, 0.5) is 0 Å². The molecule has 22 heavy (non-hydrogen) atoms. The maximum Gasteiger partial charge on any atom is 0.332 e. The van der Waals surface area contributed by atoms with Gasteiger partial charge in [0.25, 0.3) is 5.56 Å². The quantitative estimate of drug-likeness (QED) is 0.672. The molecule has 2 rings (SSSR count). The van der Waals surface area contributed by atoms with E-state index >= 15 is 0 Å². The van der Waals surface area contributed by atoms with Gasteiger partial charge in [-0.1, -0.05) is 15.9 Å². The molecule has 0 radical (unpaired) electrons. The van der Waals surface area contributed by atoms with Gasteiger partial charge in [0.2, 0.25) is 0 Å². The van der Waals surface area contributed by atoms with Crippen LogP contribution in [0.1, 0.15) is 13.8 Å². The lowest BCUT2D eigenvalue weighted by molar-refractivity contribution is 0.219. The van der Waals surface area contributed by atoms with Crippen LogP contribution < -0.4 is 5.56 Å². The molecule has 0 spiro atoms. The highest BCUT2D eigenvalue weighted by atomic mass is 79.9. The van der Waals surface area contributed by atoms with Crippen LogP contribution in [-0.2, 0) is 20.2 Å². The van der Waals surface area contributed by atoms with E-state index in [4.69, 9.17) is 9.05 Å². The minimum atomic E-state index is -3.14. The number of nitrogens with zero attached hydrogens (tertiary/aromatic N) is 1. The molecular weight excluding hydrogens is 369 g/mol. The van der Waals surface area contributed by atoms with Crippen molar-refractivity contribution in [3.8, 4) is 0 Å². The molecule has 120 valence electrons. The standard InChI is InChI=1S/C15H19BrNO4P/c1-3-20-22(19,21-4-2)10-9-17-8-7-12-11-13(16)5-6-14(12)15(17)18/h5-8,11H,3-4,9-10H2,1-2H3. The lowest BCUT2D eigenvalue weighted by Crippen LogP contribution is -2.21. The van der Waals surface area contributed by atoms with Gasteiger partial charge in [0.05, 0.1) is 19.4 Å². The van der Waals surface area contributed by atoms with Crippen LogP contribution in [-0.4, -0.2) is 23.9 Å². The molecule has 0 amide bonds. The van der Waals surface area contributed by atoms with E-state index < -0.39 is 7.60 Å². The van der Waals surface area contributed by atoms with Crippen LogP contribution in [0.15, 0.2) is 39.7 Å². The number of fused-ring (bicyclic) bond motifs is 1. The van der Waals surface area contributed by atoms with Gasteiger partial charge in [-0.25, -0.2) is 0 Å². The summed E-state index contributed by atoms with van der Waals surface area (Å²) in [5.41, 5.74) is -0.107. The second kappa shape index (κ2) is 7.55. The monoisotopic (exact) mass is 387 g/mol. The third kappa shape index (κ3) is 4.07. The van der Waals surface area contributed by atoms with Gasteiger partial charge >= 0.3 is 7.60 Å². The Kier molecular flexibility index (Phi) is 5.98. The third-order valence-electron chi connectivity index (χ3n) is 3.21. The lowest BCUT2D eigenvalue weighted by atomic mass is 10.2. The van der Waals surface area contributed by atoms with Crippen molar-refractivity contribution in [2.45, 2.75) is 20.4 Å². The molecule has 0 unspecified atom stereocenters. The van der Waals surface area contributed by atoms with Crippen LogP contribution in [0.3, 0.4) is 0 Å². The van der Waals surface area contributed by atoms with Gasteiger partial charge in [0, 0.05) is 22.6 Å². The van der Waals surface area contributed by atoms with E-state index in [1.807, 2.05) is 18.2 Å². The summed E-state index contributed by atoms with van der Waals surface area (Å²) in [5.74, 6) is 0. The molecule has 0 fully saturated rings. The average molecular weight is 388 g/mol. The van der Waals surface area contributed by atoms with Crippen molar-refractivity contribution in [1.82, 2.24) is 4.57 Å². The van der Waals surface area contributed by atoms with E-state index in [0.717, 1.165) is 9.86 Å². The molecule has 0 saturated heterocycles. The summed E-state index contributed by atoms with van der Waals surface area (Å²) >= 11 is 3.39. The Hall–Kier alpha value is -0.940. The van der Waals surface area contributed by atoms with E-state index in [1.54, 1.807) is 30.7 Å². The Labute approximate surface area is 137 Å². The first-order valence-corrected chi connectivity index (χ1v) is 9.68. The van der Waals surface area contributed by atoms with Crippen LogP contribution in [0.5, 0.6) is 0 Å². The van der Waals surface area contributed by atoms with Crippen LogP contribution >= 0.6 is 23.5 Å². The summed E-state index contributed by atoms with van der Waals surface area (Å²) in [6.45, 7) is 4.47. The van der Waals surface area contributed by atoms with E-state index in [9.17, 15) is 9.36 Å². The first-order valence-electron chi connectivity index (χ1n) is 7.16. The molecule has 0 aliphatic heterocycles. The molecular formula is C15H19BrNO4P. The van der Waals surface area contributed by atoms with Gasteiger partial charge in [-0.05, 0) is 43.5 Å². The summed E-state index contributed by atoms with van der Waals surface area (Å²) in [4.78, 5) is 12.4. The van der Waals surface area contributed by atoms with Gasteiger partial charge < -0.3 is 13.6 Å². The number of aryl methyl sites for hydroxylation is 1. The van der Waals surface area contributed by atoms with E-state index in [-0.39, 0.29) is 11.7 Å². The van der Waals surface area contributed by atoms with Crippen molar-refractivity contribution in [2.24, 2.45) is 0 Å². The fourth-order valence-corrected chi connectivity index (χ4v) is 4.18. The molecule has 0 atom stereocenters. The van der Waals surface area contributed by atoms with Gasteiger partial charge in [0.15, 0.2) is 0 Å². The number of hydrogen-bond donors (Lipinski definition) is 0. The zero-order chi connectivity index (χ0) is 16.2. The Morgan fingerprint density at radius 3 is 2.50 bits per heavy atom. The molecule has 1 heterocycles. The summed E-state index contributed by atoms with van der Waals surface area (Å²) in [7, 11) is -3.14. The Bertz CT molecular complexity index is 749. The van der Waals surface area contributed by atoms with E-state index in [0.29, 0.717) is 25.1 Å². The molecule has 1 aromatic carbocycles. The van der Waals surface area contributed by atoms with Gasteiger partial charge in [0.1, 0.15) is 0 Å². The normalized spacial score (nSPS) is 12.0. The first kappa shape index (κ1) is 17.4. The highest BCUT2D eigenvalue weighted by molar-refractivity contribution is 9.10. The second-order valence-corrected chi connectivity index (χ2v) is 7.82. The van der Waals surface area contributed by atoms with Crippen molar-refractivity contribution in [3.63, 3.8) is 0 Å². The van der Waals surface area contributed by atoms with Gasteiger partial charge in [-0.3, -0.25) is 9.36 Å². The summed E-state index contributed by atoms with van der Waals surface area (Å²) in [6.07, 6.45) is 1.88. The maximum atomic E-state index is 12.4. The topological polar surface area (TPSA) is 57.5 Å². The number of aromatic nitrogens is 1. The Balaban J connectivity index is 2.25. The molecule has 0 aliphatic rings. The van der Waals surface area contributed by atoms with Crippen LogP contribution in [0.2, 0.25) is 0 Å². The first-order chi connectivity index (χ1) is 10.5. The highest BCUT2D eigenvalue weighted by Gasteiger charge is 2.23. The van der Waals surface area contributed by atoms with Crippen LogP contribution in [0.25, 0.3) is 10.8 Å². The number of pyridine rings is 1. The number of rotatable bonds is 7. The van der Waals surface area contributed by atoms with E-state index in [2.05, 4.69) is 15.9 Å². The summed E-state index contributed by atoms with van der Waals surface area (Å²) < 4.78 is 25.4. The fraction of sp³-hybridized carbons (Fsp3) is 0.400. The van der Waals surface area contributed by atoms with Crippen molar-refractivity contribution in [3.05, 3.63) is 45.3 Å². The van der Waals surface area contributed by atoms with E-state index in [1.165, 1.54) is 0 Å². The second-order valence-electron chi connectivity index (χ2n) is 4.72. The summed E-state index contributed by atoms with van der Waals surface area (Å²) in [6, 6.07) is 7.38. The van der Waals surface area contributed by atoms with Crippen molar-refractivity contribution in [1.29, 1.82) is 0 Å². The predicted molar refractivity (Wildman–Crippen MR) is 91.6 cm³/mol. The number of halogens is 1. The maximum absolute atomic E-state index is 12.4. The van der Waals surface area contributed by atoms with Crippen LogP contribution in [0, 0.1) is 0 Å². The molecule has 0 bridgehead atoms. The zero-order valence-corrected chi connectivity index (χ0v) is 15.1. The molecule has 5 nitrogen and oxygen atoms in total. The number of benzene rings is 1. The predicted octanol–water partition coefficient (Wildman–Crippen LogP) is 4.03. The SMILES string of the molecule is CCOP(=O)(CCn1ccc2cc(Br)ccc2c1=O)OCC. The molecule has 2 aromatic rings. The molecule has 1 aromatic heterocycles. The number of hydrogen-bond acceptors (Lipinski definition) is 4. The minimum Gasteiger partial charge on any atom is -0.314 e. The van der Waals surface area contributed by atoms with Crippen molar-refractivity contribution in [2.75, 3.05) is 19.4 Å². The lowest BCUT2D eigenvalue weighted by Gasteiger charge is -2.17. The Morgan fingerprint density at radius 2 is 1.86 bits per heavy atom.